The summed E-state index contributed by atoms with van der Waals surface area (Å²) in [6.07, 6.45) is 0.169. The summed E-state index contributed by atoms with van der Waals surface area (Å²) in [5.74, 6) is 1.89. The molecule has 0 spiro atoms. The quantitative estimate of drug-likeness (QED) is 0.526. The zero-order valence-corrected chi connectivity index (χ0v) is 17.9. The number of hydrogen-bond donors (Lipinski definition) is 1. The molecule has 0 unspecified atom stereocenters. The maximum Gasteiger partial charge on any atom is 0.236 e. The van der Waals surface area contributed by atoms with Crippen LogP contribution in [-0.2, 0) is 11.2 Å². The number of amides is 1. The van der Waals surface area contributed by atoms with Crippen LogP contribution in [0, 0.1) is 6.92 Å². The van der Waals surface area contributed by atoms with E-state index in [1.807, 2.05) is 48.7 Å². The first-order chi connectivity index (χ1) is 14.1. The van der Waals surface area contributed by atoms with E-state index in [1.54, 1.807) is 11.3 Å². The van der Waals surface area contributed by atoms with Gasteiger partial charge in [0.05, 0.1) is 17.0 Å². The van der Waals surface area contributed by atoms with Gasteiger partial charge in [0, 0.05) is 12.2 Å². The molecule has 6 nitrogen and oxygen atoms in total. The van der Waals surface area contributed by atoms with E-state index >= 15 is 0 Å². The number of aromatic nitrogens is 1. The minimum Gasteiger partial charge on any atom is -0.492 e. The van der Waals surface area contributed by atoms with Gasteiger partial charge in [0.2, 0.25) is 11.8 Å². The second-order valence-corrected chi connectivity index (χ2v) is 7.57. The predicted molar refractivity (Wildman–Crippen MR) is 117 cm³/mol. The number of benzene rings is 1. The first kappa shape index (κ1) is 21.1. The van der Waals surface area contributed by atoms with E-state index in [-0.39, 0.29) is 12.3 Å². The molecule has 0 saturated carbocycles. The largest absolute Gasteiger partial charge is 0.492 e. The average molecular weight is 414 g/mol. The first-order valence-electron chi connectivity index (χ1n) is 9.84. The van der Waals surface area contributed by atoms with Crippen molar-refractivity contribution < 1.29 is 13.9 Å². The van der Waals surface area contributed by atoms with Crippen molar-refractivity contribution in [1.82, 2.24) is 9.88 Å². The molecule has 154 valence electrons. The van der Waals surface area contributed by atoms with Gasteiger partial charge >= 0.3 is 0 Å². The van der Waals surface area contributed by atoms with Gasteiger partial charge in [-0.3, -0.25) is 4.79 Å². The minimum atomic E-state index is -0.130. The molecule has 0 aliphatic rings. The molecule has 0 aliphatic heterocycles. The number of likely N-dealkylation sites (N-methyl/N-ethyl adjacent to an activating group) is 1. The molecular weight excluding hydrogens is 386 g/mol. The van der Waals surface area contributed by atoms with E-state index in [0.29, 0.717) is 24.0 Å². The number of hydrogen-bond acceptors (Lipinski definition) is 6. The number of carbonyl (C=O) groups is 1. The SMILES string of the molecule is CCN(CC)CCOc1ccc(NC(=O)Cc2nc(-c3cccs3)oc2C)cc1. The topological polar surface area (TPSA) is 67.6 Å². The van der Waals surface area contributed by atoms with Crippen molar-refractivity contribution in [3.8, 4) is 16.5 Å². The Morgan fingerprint density at radius 2 is 1.97 bits per heavy atom. The van der Waals surface area contributed by atoms with Gasteiger partial charge in [0.25, 0.3) is 0 Å². The Bertz CT molecular complexity index is 900. The van der Waals surface area contributed by atoms with Crippen LogP contribution in [0.4, 0.5) is 5.69 Å². The summed E-state index contributed by atoms with van der Waals surface area (Å²) in [5.41, 5.74) is 1.38. The van der Waals surface area contributed by atoms with Gasteiger partial charge in [0.15, 0.2) is 0 Å². The third-order valence-electron chi connectivity index (χ3n) is 4.66. The molecule has 2 heterocycles. The highest BCUT2D eigenvalue weighted by Crippen LogP contribution is 2.26. The second kappa shape index (κ2) is 10.2. The van der Waals surface area contributed by atoms with Crippen molar-refractivity contribution in [1.29, 1.82) is 0 Å². The van der Waals surface area contributed by atoms with Crippen LogP contribution in [0.3, 0.4) is 0 Å². The molecule has 29 heavy (non-hydrogen) atoms. The summed E-state index contributed by atoms with van der Waals surface area (Å²) < 4.78 is 11.5. The molecule has 0 atom stereocenters. The van der Waals surface area contributed by atoms with Gasteiger partial charge in [-0.05, 0) is 55.7 Å². The number of carbonyl (C=O) groups excluding carboxylic acids is 1. The molecule has 3 aromatic rings. The second-order valence-electron chi connectivity index (χ2n) is 6.62. The van der Waals surface area contributed by atoms with Crippen molar-refractivity contribution in [2.45, 2.75) is 27.2 Å². The fourth-order valence-electron chi connectivity index (χ4n) is 2.92. The Balaban J connectivity index is 1.51. The van der Waals surface area contributed by atoms with E-state index < -0.39 is 0 Å². The molecule has 7 heteroatoms. The number of anilines is 1. The van der Waals surface area contributed by atoms with Crippen molar-refractivity contribution in [3.05, 3.63) is 53.2 Å². The van der Waals surface area contributed by atoms with Crippen LogP contribution in [0.25, 0.3) is 10.8 Å². The third-order valence-corrected chi connectivity index (χ3v) is 5.52. The first-order valence-corrected chi connectivity index (χ1v) is 10.7. The Morgan fingerprint density at radius 1 is 1.21 bits per heavy atom. The molecule has 3 rings (SSSR count). The van der Waals surface area contributed by atoms with Crippen LogP contribution in [0.1, 0.15) is 25.3 Å². The number of thiophene rings is 1. The molecule has 1 N–H and O–H groups in total. The highest BCUT2D eigenvalue weighted by molar-refractivity contribution is 7.13. The third kappa shape index (κ3) is 5.92. The van der Waals surface area contributed by atoms with Crippen LogP contribution in [0.2, 0.25) is 0 Å². The van der Waals surface area contributed by atoms with Crippen molar-refractivity contribution in [3.63, 3.8) is 0 Å². The van der Waals surface area contributed by atoms with Gasteiger partial charge in [-0.2, -0.15) is 0 Å². The van der Waals surface area contributed by atoms with Gasteiger partial charge in [-0.25, -0.2) is 4.98 Å². The standard InChI is InChI=1S/C22H27N3O3S/c1-4-25(5-2)12-13-27-18-10-8-17(9-11-18)23-21(26)15-19-16(3)28-22(24-19)20-7-6-14-29-20/h6-11,14H,4-5,12-13,15H2,1-3H3,(H,23,26). The molecule has 1 aromatic carbocycles. The van der Waals surface area contributed by atoms with Gasteiger partial charge < -0.3 is 19.4 Å². The molecule has 0 aliphatic carbocycles. The Kier molecular flexibility index (Phi) is 7.43. The Labute approximate surface area is 175 Å². The van der Waals surface area contributed by atoms with Crippen LogP contribution >= 0.6 is 11.3 Å². The molecule has 1 amide bonds. The number of nitrogens with one attached hydrogen (secondary N) is 1. The summed E-state index contributed by atoms with van der Waals surface area (Å²) >= 11 is 1.56. The summed E-state index contributed by atoms with van der Waals surface area (Å²) in [6.45, 7) is 9.70. The Hall–Kier alpha value is -2.64. The summed E-state index contributed by atoms with van der Waals surface area (Å²) in [7, 11) is 0. The Morgan fingerprint density at radius 3 is 2.62 bits per heavy atom. The lowest BCUT2D eigenvalue weighted by Crippen LogP contribution is -2.27. The summed E-state index contributed by atoms with van der Waals surface area (Å²) in [4.78, 5) is 20.1. The molecule has 0 radical (unpaired) electrons. The molecule has 0 fully saturated rings. The fourth-order valence-corrected chi connectivity index (χ4v) is 3.57. The highest BCUT2D eigenvalue weighted by atomic mass is 32.1. The van der Waals surface area contributed by atoms with E-state index in [4.69, 9.17) is 9.15 Å². The zero-order valence-electron chi connectivity index (χ0n) is 17.1. The fraction of sp³-hybridized carbons (Fsp3) is 0.364. The van der Waals surface area contributed by atoms with Gasteiger partial charge in [0.1, 0.15) is 18.1 Å². The lowest BCUT2D eigenvalue weighted by Gasteiger charge is -2.18. The van der Waals surface area contributed by atoms with E-state index in [2.05, 4.69) is 29.0 Å². The number of ether oxygens (including phenoxy) is 1. The van der Waals surface area contributed by atoms with Crippen molar-refractivity contribution in [2.75, 3.05) is 31.6 Å². The van der Waals surface area contributed by atoms with Gasteiger partial charge in [-0.15, -0.1) is 11.3 Å². The maximum absolute atomic E-state index is 12.4. The van der Waals surface area contributed by atoms with E-state index in [9.17, 15) is 4.79 Å². The number of nitrogens with zero attached hydrogens (tertiary/aromatic N) is 2. The van der Waals surface area contributed by atoms with Crippen LogP contribution < -0.4 is 10.1 Å². The molecule has 2 aromatic heterocycles. The maximum atomic E-state index is 12.4. The monoisotopic (exact) mass is 413 g/mol. The lowest BCUT2D eigenvalue weighted by molar-refractivity contribution is -0.115. The average Bonchev–Trinajstić information content (AvgIpc) is 3.37. The van der Waals surface area contributed by atoms with Crippen molar-refractivity contribution >= 4 is 22.9 Å². The van der Waals surface area contributed by atoms with Crippen LogP contribution in [0.15, 0.2) is 46.2 Å². The van der Waals surface area contributed by atoms with Crippen LogP contribution in [0.5, 0.6) is 5.75 Å². The van der Waals surface area contributed by atoms with E-state index in [1.165, 1.54) is 0 Å². The molecule has 0 saturated heterocycles. The molecular formula is C22H27N3O3S. The predicted octanol–water partition coefficient (Wildman–Crippen LogP) is 4.61. The number of oxazole rings is 1. The minimum absolute atomic E-state index is 0.130. The summed E-state index contributed by atoms with van der Waals surface area (Å²) in [5, 5.41) is 4.87. The zero-order chi connectivity index (χ0) is 20.6. The van der Waals surface area contributed by atoms with Crippen LogP contribution in [-0.4, -0.2) is 42.0 Å². The smallest absolute Gasteiger partial charge is 0.236 e. The van der Waals surface area contributed by atoms with E-state index in [0.717, 1.165) is 35.9 Å². The normalized spacial score (nSPS) is 11.0. The lowest BCUT2D eigenvalue weighted by atomic mass is 10.2. The number of rotatable bonds is 10. The number of aryl methyl sites for hydroxylation is 1. The van der Waals surface area contributed by atoms with Gasteiger partial charge in [-0.1, -0.05) is 19.9 Å². The van der Waals surface area contributed by atoms with Crippen molar-refractivity contribution in [2.24, 2.45) is 0 Å². The highest BCUT2D eigenvalue weighted by Gasteiger charge is 2.15. The summed E-state index contributed by atoms with van der Waals surface area (Å²) in [6, 6.07) is 11.3. The molecule has 0 bridgehead atoms.